The third-order valence-electron chi connectivity index (χ3n) is 5.08. The smallest absolute Gasteiger partial charge is 0.264 e. The first-order chi connectivity index (χ1) is 14.8. The Morgan fingerprint density at radius 2 is 1.94 bits per heavy atom. The van der Waals surface area contributed by atoms with Gasteiger partial charge in [0.15, 0.2) is 15.5 Å². The lowest BCUT2D eigenvalue weighted by atomic mass is 10.2. The highest BCUT2D eigenvalue weighted by Crippen LogP contribution is 2.26. The summed E-state index contributed by atoms with van der Waals surface area (Å²) < 4.78 is 36.5. The van der Waals surface area contributed by atoms with Gasteiger partial charge in [-0.2, -0.15) is 5.10 Å². The average Bonchev–Trinajstić information content (AvgIpc) is 3.32. The highest BCUT2D eigenvalue weighted by Gasteiger charge is 2.31. The number of amides is 1. The normalized spacial score (nSPS) is 17.5. The lowest BCUT2D eigenvalue weighted by Gasteiger charge is -2.11. The second-order valence-corrected chi connectivity index (χ2v) is 9.44. The summed E-state index contributed by atoms with van der Waals surface area (Å²) in [5.41, 5.74) is 0.329. The Morgan fingerprint density at radius 3 is 2.55 bits per heavy atom. The number of hydrogen-bond acceptors (Lipinski definition) is 8. The number of sulfone groups is 1. The largest absolute Gasteiger partial charge is 0.497 e. The second kappa shape index (κ2) is 8.02. The van der Waals surface area contributed by atoms with Crippen LogP contribution in [0.4, 0.5) is 5.69 Å². The number of methoxy groups -OCH3 is 2. The van der Waals surface area contributed by atoms with Crippen molar-refractivity contribution >= 4 is 32.5 Å². The van der Waals surface area contributed by atoms with Gasteiger partial charge in [-0.1, -0.05) is 0 Å². The Hall–Kier alpha value is -3.41. The molecule has 1 aromatic carbocycles. The summed E-state index contributed by atoms with van der Waals surface area (Å²) in [4.78, 5) is 29.5. The Morgan fingerprint density at radius 1 is 1.23 bits per heavy atom. The topological polar surface area (TPSA) is 134 Å². The number of ether oxygens (including phenoxy) is 2. The molecule has 1 amide bonds. The van der Waals surface area contributed by atoms with Crippen molar-refractivity contribution in [2.24, 2.45) is 0 Å². The van der Waals surface area contributed by atoms with Crippen molar-refractivity contribution in [1.29, 1.82) is 0 Å². The Labute approximate surface area is 177 Å². The lowest BCUT2D eigenvalue weighted by molar-refractivity contribution is -0.116. The van der Waals surface area contributed by atoms with Gasteiger partial charge in [0.1, 0.15) is 29.8 Å². The summed E-state index contributed by atoms with van der Waals surface area (Å²) in [6, 6.07) is 4.58. The molecule has 11 nitrogen and oxygen atoms in total. The molecule has 2 aromatic heterocycles. The molecule has 0 spiro atoms. The van der Waals surface area contributed by atoms with Crippen molar-refractivity contribution in [2.45, 2.75) is 19.0 Å². The van der Waals surface area contributed by atoms with Crippen LogP contribution >= 0.6 is 0 Å². The summed E-state index contributed by atoms with van der Waals surface area (Å²) in [7, 11) is -0.103. The number of benzene rings is 1. The summed E-state index contributed by atoms with van der Waals surface area (Å²) >= 11 is 0. The monoisotopic (exact) mass is 447 g/mol. The van der Waals surface area contributed by atoms with Gasteiger partial charge in [-0.25, -0.2) is 18.1 Å². The fourth-order valence-electron chi connectivity index (χ4n) is 3.55. The molecule has 1 unspecified atom stereocenters. The van der Waals surface area contributed by atoms with Gasteiger partial charge in [0, 0.05) is 23.9 Å². The van der Waals surface area contributed by atoms with Crippen molar-refractivity contribution in [3.8, 4) is 11.5 Å². The minimum atomic E-state index is -3.11. The van der Waals surface area contributed by atoms with Crippen molar-refractivity contribution in [3.05, 3.63) is 41.1 Å². The summed E-state index contributed by atoms with van der Waals surface area (Å²) in [5.74, 6) is 0.645. The summed E-state index contributed by atoms with van der Waals surface area (Å²) in [6.07, 6.45) is 3.05. The van der Waals surface area contributed by atoms with Crippen molar-refractivity contribution in [3.63, 3.8) is 0 Å². The Balaban J connectivity index is 1.55. The maximum Gasteiger partial charge on any atom is 0.264 e. The molecule has 164 valence electrons. The van der Waals surface area contributed by atoms with Gasteiger partial charge in [0.25, 0.3) is 5.56 Å². The van der Waals surface area contributed by atoms with E-state index >= 15 is 0 Å². The number of hydrogen-bond donors (Lipinski definition) is 1. The number of carbonyl (C=O) groups excluding carboxylic acids is 1. The molecule has 3 aromatic rings. The van der Waals surface area contributed by atoms with Gasteiger partial charge >= 0.3 is 0 Å². The summed E-state index contributed by atoms with van der Waals surface area (Å²) in [6.45, 7) is -0.260. The van der Waals surface area contributed by atoms with Gasteiger partial charge in [0.05, 0.1) is 38.0 Å². The predicted octanol–water partition coefficient (Wildman–Crippen LogP) is 0.608. The van der Waals surface area contributed by atoms with Gasteiger partial charge < -0.3 is 14.8 Å². The van der Waals surface area contributed by atoms with E-state index in [9.17, 15) is 18.0 Å². The number of rotatable bonds is 6. The zero-order chi connectivity index (χ0) is 22.2. The SMILES string of the molecule is COc1cc(NC(=O)Cn2cnc3c(cnn3C3CCS(=O)(=O)C3)c2=O)cc(OC)c1. The molecule has 1 fully saturated rings. The third-order valence-corrected chi connectivity index (χ3v) is 6.83. The van der Waals surface area contributed by atoms with E-state index in [0.29, 0.717) is 29.3 Å². The van der Waals surface area contributed by atoms with Crippen LogP contribution in [0.15, 0.2) is 35.5 Å². The number of nitrogens with one attached hydrogen (secondary N) is 1. The van der Waals surface area contributed by atoms with Crippen molar-refractivity contribution in [2.75, 3.05) is 31.0 Å². The van der Waals surface area contributed by atoms with Crippen LogP contribution in [-0.4, -0.2) is 59.4 Å². The van der Waals surface area contributed by atoms with Crippen molar-refractivity contribution in [1.82, 2.24) is 19.3 Å². The van der Waals surface area contributed by atoms with E-state index in [-0.39, 0.29) is 29.5 Å². The maximum absolute atomic E-state index is 12.8. The van der Waals surface area contributed by atoms with E-state index in [1.165, 1.54) is 36.0 Å². The number of nitrogens with zero attached hydrogens (tertiary/aromatic N) is 4. The first kappa shape index (κ1) is 20.8. The average molecular weight is 447 g/mol. The number of fused-ring (bicyclic) bond motifs is 1. The maximum atomic E-state index is 12.8. The molecule has 0 bridgehead atoms. The molecular formula is C19H21N5O6S. The van der Waals surface area contributed by atoms with Gasteiger partial charge in [0.2, 0.25) is 5.91 Å². The molecule has 12 heteroatoms. The minimum Gasteiger partial charge on any atom is -0.497 e. The fraction of sp³-hybridized carbons (Fsp3) is 0.368. The number of carbonyl (C=O) groups is 1. The summed E-state index contributed by atoms with van der Waals surface area (Å²) in [5, 5.41) is 7.10. The highest BCUT2D eigenvalue weighted by molar-refractivity contribution is 7.91. The lowest BCUT2D eigenvalue weighted by Crippen LogP contribution is -2.28. The number of anilines is 1. The zero-order valence-corrected chi connectivity index (χ0v) is 17.8. The van der Waals surface area contributed by atoms with E-state index in [0.717, 1.165) is 0 Å². The van der Waals surface area contributed by atoms with Gasteiger partial charge in [-0.05, 0) is 6.42 Å². The Bertz CT molecular complexity index is 1290. The molecule has 1 atom stereocenters. The molecule has 1 saturated heterocycles. The van der Waals surface area contributed by atoms with Crippen LogP contribution in [0.2, 0.25) is 0 Å². The molecule has 3 heterocycles. The fourth-order valence-corrected chi connectivity index (χ4v) is 5.24. The molecule has 4 rings (SSSR count). The van der Waals surface area contributed by atoms with E-state index in [2.05, 4.69) is 15.4 Å². The minimum absolute atomic E-state index is 0.0268. The van der Waals surface area contributed by atoms with Crippen LogP contribution in [0.5, 0.6) is 11.5 Å². The van der Waals surface area contributed by atoms with E-state index < -0.39 is 21.3 Å². The van der Waals surface area contributed by atoms with Crippen molar-refractivity contribution < 1.29 is 22.7 Å². The Kier molecular flexibility index (Phi) is 5.39. The van der Waals surface area contributed by atoms with Gasteiger partial charge in [-0.15, -0.1) is 0 Å². The van der Waals surface area contributed by atoms with E-state index in [1.807, 2.05) is 0 Å². The second-order valence-electron chi connectivity index (χ2n) is 7.21. The zero-order valence-electron chi connectivity index (χ0n) is 16.9. The van der Waals surface area contributed by atoms with Crippen LogP contribution in [0.3, 0.4) is 0 Å². The third kappa shape index (κ3) is 4.24. The molecule has 1 aliphatic heterocycles. The number of aromatic nitrogens is 4. The quantitative estimate of drug-likeness (QED) is 0.581. The molecule has 0 aliphatic carbocycles. The van der Waals surface area contributed by atoms with E-state index in [4.69, 9.17) is 9.47 Å². The first-order valence-corrected chi connectivity index (χ1v) is 11.3. The standard InChI is InChI=1S/C19H21N5O6S/c1-29-14-5-12(6-15(7-14)30-2)22-17(25)9-23-11-20-18-16(19(23)26)8-21-24(18)13-3-4-31(27,28)10-13/h5-8,11,13H,3-4,9-10H2,1-2H3,(H,22,25). The molecule has 1 N–H and O–H groups in total. The first-order valence-electron chi connectivity index (χ1n) is 9.45. The van der Waals surface area contributed by atoms with Crippen LogP contribution in [-0.2, 0) is 21.2 Å². The molecule has 31 heavy (non-hydrogen) atoms. The van der Waals surface area contributed by atoms with Gasteiger partial charge in [-0.3, -0.25) is 14.2 Å². The van der Waals surface area contributed by atoms with E-state index in [1.54, 1.807) is 18.2 Å². The van der Waals surface area contributed by atoms with Crippen LogP contribution in [0, 0.1) is 0 Å². The van der Waals surface area contributed by atoms with Crippen LogP contribution in [0.25, 0.3) is 11.0 Å². The molecule has 1 aliphatic rings. The van der Waals surface area contributed by atoms with Crippen LogP contribution < -0.4 is 20.3 Å². The molecule has 0 radical (unpaired) electrons. The molecule has 0 saturated carbocycles. The molecular weight excluding hydrogens is 426 g/mol. The highest BCUT2D eigenvalue weighted by atomic mass is 32.2. The predicted molar refractivity (Wildman–Crippen MR) is 112 cm³/mol. The van der Waals surface area contributed by atoms with Crippen LogP contribution in [0.1, 0.15) is 12.5 Å².